The third-order valence-corrected chi connectivity index (χ3v) is 5.50. The number of nitrogens with zero attached hydrogens (tertiary/aromatic N) is 1. The van der Waals surface area contributed by atoms with Gasteiger partial charge in [0.25, 0.3) is 5.91 Å². The number of benzene rings is 2. The Kier molecular flexibility index (Phi) is 7.95. The van der Waals surface area contributed by atoms with Gasteiger partial charge in [-0.15, -0.1) is 11.3 Å². The molecule has 2 aromatic carbocycles. The van der Waals surface area contributed by atoms with Crippen LogP contribution in [0.2, 0.25) is 0 Å². The highest BCUT2D eigenvalue weighted by Gasteiger charge is 2.09. The molecule has 1 N–H and O–H groups in total. The Labute approximate surface area is 185 Å². The largest absolute Gasteiger partial charge is 0.484 e. The molecule has 0 bridgehead atoms. The molecule has 0 aliphatic rings. The van der Waals surface area contributed by atoms with Gasteiger partial charge in [-0.25, -0.2) is 10.2 Å². The number of carbonyl (C=O) groups excluding carboxylic acids is 2. The Morgan fingerprint density at radius 3 is 2.42 bits per heavy atom. The van der Waals surface area contributed by atoms with Crippen molar-refractivity contribution in [1.29, 1.82) is 0 Å². The summed E-state index contributed by atoms with van der Waals surface area (Å²) in [4.78, 5) is 24.4. The summed E-state index contributed by atoms with van der Waals surface area (Å²) < 4.78 is 10.8. The normalized spacial score (nSPS) is 11.8. The number of hydrazone groups is 1. The van der Waals surface area contributed by atoms with E-state index in [1.165, 1.54) is 23.1 Å². The van der Waals surface area contributed by atoms with Crippen molar-refractivity contribution in [3.05, 3.63) is 82.0 Å². The van der Waals surface area contributed by atoms with Crippen LogP contribution in [0.25, 0.3) is 0 Å². The number of amides is 1. The first kappa shape index (κ1) is 22.2. The van der Waals surface area contributed by atoms with E-state index in [1.54, 1.807) is 36.4 Å². The molecule has 0 fully saturated rings. The van der Waals surface area contributed by atoms with Crippen molar-refractivity contribution in [3.63, 3.8) is 0 Å². The summed E-state index contributed by atoms with van der Waals surface area (Å²) in [6, 6.07) is 18.1. The molecule has 0 radical (unpaired) electrons. The molecule has 3 rings (SSSR count). The van der Waals surface area contributed by atoms with Crippen LogP contribution in [-0.4, -0.2) is 24.7 Å². The van der Waals surface area contributed by atoms with Gasteiger partial charge in [0.05, 0.1) is 6.21 Å². The molecular formula is C24H24N2O4S. The zero-order chi connectivity index (χ0) is 22.1. The number of thiophene rings is 1. The van der Waals surface area contributed by atoms with Crippen molar-refractivity contribution in [3.8, 4) is 11.5 Å². The number of hydrogen-bond acceptors (Lipinski definition) is 6. The molecule has 1 heterocycles. The van der Waals surface area contributed by atoms with Crippen LogP contribution in [0.3, 0.4) is 0 Å². The fraction of sp³-hybridized carbons (Fsp3) is 0.208. The Hall–Kier alpha value is -3.45. The van der Waals surface area contributed by atoms with E-state index in [1.807, 2.05) is 29.6 Å². The minimum atomic E-state index is -0.391. The molecule has 3 aromatic rings. The van der Waals surface area contributed by atoms with Gasteiger partial charge in [-0.1, -0.05) is 32.0 Å². The topological polar surface area (TPSA) is 77.0 Å². The first-order valence-electron chi connectivity index (χ1n) is 9.95. The number of carbonyl (C=O) groups is 2. The molecule has 0 saturated heterocycles. The Morgan fingerprint density at radius 2 is 1.77 bits per heavy atom. The molecule has 0 spiro atoms. The molecule has 31 heavy (non-hydrogen) atoms. The van der Waals surface area contributed by atoms with Crippen LogP contribution in [0.4, 0.5) is 0 Å². The summed E-state index contributed by atoms with van der Waals surface area (Å²) in [5.74, 6) is 0.821. The smallest absolute Gasteiger partial charge is 0.353 e. The molecule has 0 aliphatic heterocycles. The Bertz CT molecular complexity index is 1010. The van der Waals surface area contributed by atoms with Crippen molar-refractivity contribution in [2.75, 3.05) is 6.61 Å². The maximum absolute atomic E-state index is 11.9. The molecule has 0 unspecified atom stereocenters. The molecule has 1 amide bonds. The summed E-state index contributed by atoms with van der Waals surface area (Å²) in [6.07, 6.45) is 2.58. The lowest BCUT2D eigenvalue weighted by molar-refractivity contribution is -0.123. The van der Waals surface area contributed by atoms with Crippen LogP contribution in [-0.2, 0) is 4.79 Å². The van der Waals surface area contributed by atoms with E-state index in [0.717, 1.165) is 12.0 Å². The molecule has 7 heteroatoms. The lowest BCUT2D eigenvalue weighted by Crippen LogP contribution is -2.24. The molecule has 1 aromatic heterocycles. The first-order valence-corrected chi connectivity index (χ1v) is 10.8. The molecule has 0 saturated carbocycles. The predicted molar refractivity (Wildman–Crippen MR) is 122 cm³/mol. The van der Waals surface area contributed by atoms with Crippen molar-refractivity contribution in [2.24, 2.45) is 5.10 Å². The van der Waals surface area contributed by atoms with E-state index in [0.29, 0.717) is 22.3 Å². The second kappa shape index (κ2) is 11.1. The van der Waals surface area contributed by atoms with Crippen LogP contribution in [0.1, 0.15) is 47.0 Å². The van der Waals surface area contributed by atoms with Gasteiger partial charge in [-0.05, 0) is 71.3 Å². The fourth-order valence-electron chi connectivity index (χ4n) is 2.66. The van der Waals surface area contributed by atoms with Crippen LogP contribution in [0.5, 0.6) is 11.5 Å². The van der Waals surface area contributed by atoms with Crippen LogP contribution in [0, 0.1) is 0 Å². The summed E-state index contributed by atoms with van der Waals surface area (Å²) in [6.45, 7) is 4.19. The SMILES string of the molecule is CC[C@H](C)c1ccc(OCC(=O)NN=Cc2ccc(OC(=O)c3cccs3)cc2)cc1. The molecular weight excluding hydrogens is 412 g/mol. The van der Waals surface area contributed by atoms with Gasteiger partial charge < -0.3 is 9.47 Å². The average Bonchev–Trinajstić information content (AvgIpc) is 3.34. The molecule has 6 nitrogen and oxygen atoms in total. The maximum Gasteiger partial charge on any atom is 0.353 e. The van der Waals surface area contributed by atoms with E-state index >= 15 is 0 Å². The zero-order valence-electron chi connectivity index (χ0n) is 17.4. The van der Waals surface area contributed by atoms with Crippen molar-refractivity contribution < 1.29 is 19.1 Å². The molecule has 0 aliphatic carbocycles. The van der Waals surface area contributed by atoms with Crippen LogP contribution in [0.15, 0.2) is 71.1 Å². The zero-order valence-corrected chi connectivity index (χ0v) is 18.2. The third-order valence-electron chi connectivity index (χ3n) is 4.65. The van der Waals surface area contributed by atoms with E-state index < -0.39 is 5.97 Å². The standard InChI is InChI=1S/C24H24N2O4S/c1-3-17(2)19-8-12-20(13-9-19)29-16-23(27)26-25-15-18-6-10-21(11-7-18)30-24(28)22-5-4-14-31-22/h4-15,17H,3,16H2,1-2H3,(H,26,27)/t17-/m0/s1. The van der Waals surface area contributed by atoms with Gasteiger partial charge in [0.1, 0.15) is 16.4 Å². The number of ether oxygens (including phenoxy) is 2. The Balaban J connectivity index is 1.42. The van der Waals surface area contributed by atoms with Crippen molar-refractivity contribution >= 4 is 29.4 Å². The minimum Gasteiger partial charge on any atom is -0.484 e. The summed E-state index contributed by atoms with van der Waals surface area (Å²) in [5.41, 5.74) is 4.42. The number of nitrogens with one attached hydrogen (secondary N) is 1. The highest BCUT2D eigenvalue weighted by molar-refractivity contribution is 7.12. The highest BCUT2D eigenvalue weighted by atomic mass is 32.1. The van der Waals surface area contributed by atoms with Gasteiger partial charge in [0, 0.05) is 0 Å². The lowest BCUT2D eigenvalue weighted by Gasteiger charge is -2.10. The monoisotopic (exact) mass is 436 g/mol. The molecule has 1 atom stereocenters. The average molecular weight is 437 g/mol. The quantitative estimate of drug-likeness (QED) is 0.221. The Morgan fingerprint density at radius 1 is 1.06 bits per heavy atom. The van der Waals surface area contributed by atoms with Crippen LogP contribution < -0.4 is 14.9 Å². The highest BCUT2D eigenvalue weighted by Crippen LogP contribution is 2.21. The second-order valence-electron chi connectivity index (χ2n) is 6.90. The lowest BCUT2D eigenvalue weighted by atomic mass is 9.99. The minimum absolute atomic E-state index is 0.127. The van der Waals surface area contributed by atoms with E-state index in [2.05, 4.69) is 24.4 Å². The number of esters is 1. The molecule has 160 valence electrons. The van der Waals surface area contributed by atoms with E-state index in [4.69, 9.17) is 9.47 Å². The van der Waals surface area contributed by atoms with Gasteiger partial charge in [0.2, 0.25) is 0 Å². The van der Waals surface area contributed by atoms with E-state index in [9.17, 15) is 9.59 Å². The second-order valence-corrected chi connectivity index (χ2v) is 7.84. The van der Waals surface area contributed by atoms with Gasteiger partial charge in [-0.2, -0.15) is 5.10 Å². The number of hydrogen-bond donors (Lipinski definition) is 1. The summed E-state index contributed by atoms with van der Waals surface area (Å²) >= 11 is 1.33. The first-order chi connectivity index (χ1) is 15.0. The fourth-order valence-corrected chi connectivity index (χ4v) is 3.26. The maximum atomic E-state index is 11.9. The van der Waals surface area contributed by atoms with Gasteiger partial charge in [0.15, 0.2) is 6.61 Å². The van der Waals surface area contributed by atoms with E-state index in [-0.39, 0.29) is 12.5 Å². The summed E-state index contributed by atoms with van der Waals surface area (Å²) in [5, 5.41) is 5.74. The van der Waals surface area contributed by atoms with Crippen molar-refractivity contribution in [2.45, 2.75) is 26.2 Å². The van der Waals surface area contributed by atoms with Gasteiger partial charge in [-0.3, -0.25) is 4.79 Å². The number of rotatable bonds is 9. The predicted octanol–water partition coefficient (Wildman–Crippen LogP) is 5.01. The van der Waals surface area contributed by atoms with Crippen LogP contribution >= 0.6 is 11.3 Å². The third kappa shape index (κ3) is 6.79. The van der Waals surface area contributed by atoms with Crippen molar-refractivity contribution in [1.82, 2.24) is 5.43 Å². The summed E-state index contributed by atoms with van der Waals surface area (Å²) in [7, 11) is 0. The van der Waals surface area contributed by atoms with Gasteiger partial charge >= 0.3 is 5.97 Å².